The molecule has 2 aliphatic rings. The largest absolute Gasteiger partial charge is 0.491 e. The SMILES string of the molecule is CCCc1ccc(C2CC(NC(=O)CN3C(=O)CCOc4ccccc43)NN2)cc1. The Morgan fingerprint density at radius 3 is 2.77 bits per heavy atom. The highest BCUT2D eigenvalue weighted by Crippen LogP contribution is 2.30. The summed E-state index contributed by atoms with van der Waals surface area (Å²) in [5.74, 6) is 0.305. The van der Waals surface area contributed by atoms with Crippen LogP contribution in [0.15, 0.2) is 48.5 Å². The van der Waals surface area contributed by atoms with Crippen molar-refractivity contribution in [3.05, 3.63) is 59.7 Å². The molecule has 1 fully saturated rings. The van der Waals surface area contributed by atoms with E-state index in [1.165, 1.54) is 16.0 Å². The topological polar surface area (TPSA) is 82.7 Å². The van der Waals surface area contributed by atoms with E-state index in [0.717, 1.165) is 19.3 Å². The molecule has 4 rings (SSSR count). The van der Waals surface area contributed by atoms with Crippen LogP contribution in [0.25, 0.3) is 0 Å². The number of hydrogen-bond acceptors (Lipinski definition) is 5. The van der Waals surface area contributed by atoms with Crippen molar-refractivity contribution in [2.45, 2.75) is 44.8 Å². The van der Waals surface area contributed by atoms with Gasteiger partial charge in [0, 0.05) is 12.5 Å². The summed E-state index contributed by atoms with van der Waals surface area (Å²) in [6.07, 6.45) is 2.99. The van der Waals surface area contributed by atoms with Gasteiger partial charge in [-0.15, -0.1) is 0 Å². The quantitative estimate of drug-likeness (QED) is 0.684. The van der Waals surface area contributed by atoms with Gasteiger partial charge in [-0.05, 0) is 29.7 Å². The average Bonchev–Trinajstić information content (AvgIpc) is 3.15. The third kappa shape index (κ3) is 4.63. The highest BCUT2D eigenvalue weighted by Gasteiger charge is 2.29. The van der Waals surface area contributed by atoms with Gasteiger partial charge >= 0.3 is 0 Å². The zero-order chi connectivity index (χ0) is 20.9. The lowest BCUT2D eigenvalue weighted by Crippen LogP contribution is -2.48. The molecule has 2 heterocycles. The maximum Gasteiger partial charge on any atom is 0.241 e. The zero-order valence-electron chi connectivity index (χ0n) is 17.2. The molecule has 2 aliphatic heterocycles. The minimum Gasteiger partial charge on any atom is -0.491 e. The predicted molar refractivity (Wildman–Crippen MR) is 115 cm³/mol. The number of amides is 2. The van der Waals surface area contributed by atoms with Gasteiger partial charge in [-0.2, -0.15) is 0 Å². The Morgan fingerprint density at radius 2 is 1.97 bits per heavy atom. The third-order valence-electron chi connectivity index (χ3n) is 5.49. The molecule has 7 nitrogen and oxygen atoms in total. The van der Waals surface area contributed by atoms with Crippen molar-refractivity contribution in [3.63, 3.8) is 0 Å². The fourth-order valence-corrected chi connectivity index (χ4v) is 3.95. The molecule has 1 saturated heterocycles. The number of hydrazine groups is 1. The normalized spacial score (nSPS) is 21.0. The maximum absolute atomic E-state index is 12.7. The van der Waals surface area contributed by atoms with E-state index < -0.39 is 0 Å². The lowest BCUT2D eigenvalue weighted by atomic mass is 10.0. The van der Waals surface area contributed by atoms with Crippen molar-refractivity contribution in [1.29, 1.82) is 0 Å². The molecule has 0 aromatic heterocycles. The van der Waals surface area contributed by atoms with Crippen LogP contribution in [-0.4, -0.2) is 31.1 Å². The maximum atomic E-state index is 12.7. The summed E-state index contributed by atoms with van der Waals surface area (Å²) in [5, 5.41) is 2.98. The second-order valence-electron chi connectivity index (χ2n) is 7.73. The van der Waals surface area contributed by atoms with Crippen LogP contribution in [0.2, 0.25) is 0 Å². The van der Waals surface area contributed by atoms with E-state index in [1.807, 2.05) is 18.2 Å². The average molecular weight is 409 g/mol. The number of para-hydroxylation sites is 2. The van der Waals surface area contributed by atoms with Crippen molar-refractivity contribution in [1.82, 2.24) is 16.2 Å². The lowest BCUT2D eigenvalue weighted by Gasteiger charge is -2.22. The minimum atomic E-state index is -0.210. The molecular formula is C23H28N4O3. The van der Waals surface area contributed by atoms with E-state index >= 15 is 0 Å². The molecule has 0 saturated carbocycles. The van der Waals surface area contributed by atoms with Crippen molar-refractivity contribution in [2.75, 3.05) is 18.1 Å². The summed E-state index contributed by atoms with van der Waals surface area (Å²) in [6.45, 7) is 2.46. The highest BCUT2D eigenvalue weighted by atomic mass is 16.5. The lowest BCUT2D eigenvalue weighted by molar-refractivity contribution is -0.124. The van der Waals surface area contributed by atoms with Gasteiger partial charge in [0.2, 0.25) is 11.8 Å². The number of ether oxygens (including phenoxy) is 1. The Hall–Kier alpha value is -2.90. The Kier molecular flexibility index (Phi) is 6.30. The number of rotatable bonds is 6. The summed E-state index contributed by atoms with van der Waals surface area (Å²) in [6, 6.07) is 16.0. The molecule has 2 amide bonds. The smallest absolute Gasteiger partial charge is 0.241 e. The second kappa shape index (κ2) is 9.28. The predicted octanol–water partition coefficient (Wildman–Crippen LogP) is 2.44. The van der Waals surface area contributed by atoms with Gasteiger partial charge in [-0.1, -0.05) is 49.7 Å². The molecule has 2 aromatic rings. The van der Waals surface area contributed by atoms with Crippen molar-refractivity contribution in [2.24, 2.45) is 0 Å². The first kappa shape index (κ1) is 20.4. The van der Waals surface area contributed by atoms with E-state index in [-0.39, 0.29) is 37.0 Å². The van der Waals surface area contributed by atoms with Crippen LogP contribution >= 0.6 is 0 Å². The fourth-order valence-electron chi connectivity index (χ4n) is 3.95. The number of fused-ring (bicyclic) bond motifs is 1. The minimum absolute atomic E-state index is 0.0340. The standard InChI is InChI=1S/C23H28N4O3/c1-2-5-16-8-10-17(11-9-16)18-14-21(26-25-18)24-22(28)15-27-19-6-3-4-7-20(19)30-13-12-23(27)29/h3-4,6-11,18,21,25-26H,2,5,12-15H2,1H3,(H,24,28). The summed E-state index contributed by atoms with van der Waals surface area (Å²) in [7, 11) is 0. The fraction of sp³-hybridized carbons (Fsp3) is 0.391. The molecule has 0 radical (unpaired) electrons. The number of benzene rings is 2. The number of nitrogens with zero attached hydrogens (tertiary/aromatic N) is 1. The first-order valence-electron chi connectivity index (χ1n) is 10.6. The molecule has 2 aromatic carbocycles. The summed E-state index contributed by atoms with van der Waals surface area (Å²) in [5.41, 5.74) is 9.56. The molecule has 0 spiro atoms. The molecule has 0 bridgehead atoms. The van der Waals surface area contributed by atoms with E-state index in [4.69, 9.17) is 4.74 Å². The van der Waals surface area contributed by atoms with Crippen molar-refractivity contribution in [3.8, 4) is 5.75 Å². The first-order chi connectivity index (χ1) is 14.6. The highest BCUT2D eigenvalue weighted by molar-refractivity contribution is 6.00. The first-order valence-corrected chi connectivity index (χ1v) is 10.6. The van der Waals surface area contributed by atoms with Crippen LogP contribution in [0.1, 0.15) is 43.4 Å². The number of aryl methyl sites for hydroxylation is 1. The van der Waals surface area contributed by atoms with Crippen LogP contribution in [0, 0.1) is 0 Å². The van der Waals surface area contributed by atoms with Gasteiger partial charge < -0.3 is 10.1 Å². The molecule has 2 unspecified atom stereocenters. The molecule has 30 heavy (non-hydrogen) atoms. The van der Waals surface area contributed by atoms with E-state index in [2.05, 4.69) is 47.4 Å². The summed E-state index contributed by atoms with van der Waals surface area (Å²) < 4.78 is 5.63. The molecule has 7 heteroatoms. The zero-order valence-corrected chi connectivity index (χ0v) is 17.2. The van der Waals surface area contributed by atoms with Crippen LogP contribution in [-0.2, 0) is 16.0 Å². The van der Waals surface area contributed by atoms with Gasteiger partial charge in [0.25, 0.3) is 0 Å². The van der Waals surface area contributed by atoms with Gasteiger partial charge in [0.05, 0.1) is 24.9 Å². The Bertz CT molecular complexity index is 900. The Morgan fingerprint density at radius 1 is 1.17 bits per heavy atom. The van der Waals surface area contributed by atoms with Crippen LogP contribution in [0.3, 0.4) is 0 Å². The molecule has 0 aliphatic carbocycles. The van der Waals surface area contributed by atoms with Gasteiger partial charge in [-0.25, -0.2) is 10.9 Å². The number of carbonyl (C=O) groups excluding carboxylic acids is 2. The molecule has 158 valence electrons. The number of nitrogens with one attached hydrogen (secondary N) is 3. The van der Waals surface area contributed by atoms with Gasteiger partial charge in [0.1, 0.15) is 12.3 Å². The van der Waals surface area contributed by atoms with Crippen molar-refractivity contribution < 1.29 is 14.3 Å². The monoisotopic (exact) mass is 408 g/mol. The van der Waals surface area contributed by atoms with Gasteiger partial charge in [-0.3, -0.25) is 14.5 Å². The van der Waals surface area contributed by atoms with Gasteiger partial charge in [0.15, 0.2) is 0 Å². The molecule has 3 N–H and O–H groups in total. The van der Waals surface area contributed by atoms with Crippen LogP contribution in [0.4, 0.5) is 5.69 Å². The van der Waals surface area contributed by atoms with Crippen LogP contribution < -0.4 is 25.8 Å². The third-order valence-corrected chi connectivity index (χ3v) is 5.49. The van der Waals surface area contributed by atoms with E-state index in [9.17, 15) is 9.59 Å². The molecule has 2 atom stereocenters. The summed E-state index contributed by atoms with van der Waals surface area (Å²) in [4.78, 5) is 26.7. The molecular weight excluding hydrogens is 380 g/mol. The second-order valence-corrected chi connectivity index (χ2v) is 7.73. The number of anilines is 1. The Labute approximate surface area is 176 Å². The summed E-state index contributed by atoms with van der Waals surface area (Å²) >= 11 is 0. The number of carbonyl (C=O) groups is 2. The van der Waals surface area contributed by atoms with E-state index in [0.29, 0.717) is 18.0 Å². The van der Waals surface area contributed by atoms with Crippen molar-refractivity contribution >= 4 is 17.5 Å². The van der Waals surface area contributed by atoms with Crippen LogP contribution in [0.5, 0.6) is 5.75 Å². The number of hydrogen-bond donors (Lipinski definition) is 3. The van der Waals surface area contributed by atoms with E-state index in [1.54, 1.807) is 6.07 Å². The Balaban J connectivity index is 1.35.